The van der Waals surface area contributed by atoms with Crippen molar-refractivity contribution in [1.82, 2.24) is 0 Å². The van der Waals surface area contributed by atoms with E-state index in [1.54, 1.807) is 0 Å². The van der Waals surface area contributed by atoms with E-state index in [1.165, 1.54) is 77.9 Å². The van der Waals surface area contributed by atoms with Crippen LogP contribution in [0.2, 0.25) is 0 Å². The van der Waals surface area contributed by atoms with Gasteiger partial charge in [-0.2, -0.15) is 0 Å². The summed E-state index contributed by atoms with van der Waals surface area (Å²) in [7, 11) is 0. The Kier molecular flexibility index (Phi) is 7.89. The molecule has 0 aliphatic heterocycles. The van der Waals surface area contributed by atoms with Crippen LogP contribution in [0.15, 0.2) is 133 Å². The molecule has 0 N–H and O–H groups in total. The number of benzene rings is 6. The van der Waals surface area contributed by atoms with E-state index in [4.69, 9.17) is 0 Å². The molecule has 0 unspecified atom stereocenters. The maximum atomic E-state index is 2.43. The van der Waals surface area contributed by atoms with Gasteiger partial charge in [0.05, 0.1) is 0 Å². The molecule has 0 aliphatic carbocycles. The zero-order chi connectivity index (χ0) is 29.1. The van der Waals surface area contributed by atoms with Crippen LogP contribution >= 0.6 is 0 Å². The molecule has 0 spiro atoms. The first kappa shape index (κ1) is 27.5. The Labute approximate surface area is 251 Å². The molecule has 206 valence electrons. The second-order valence-electron chi connectivity index (χ2n) is 11.7. The first-order chi connectivity index (χ1) is 20.4. The van der Waals surface area contributed by atoms with E-state index < -0.39 is 0 Å². The predicted molar refractivity (Wildman–Crippen MR) is 180 cm³/mol. The minimum atomic E-state index is 0.910. The fraction of sp³-hybridized carbons (Fsp3) is 0.143. The molecule has 0 heterocycles. The third-order valence-electron chi connectivity index (χ3n) is 8.56. The molecule has 0 atom stereocenters. The van der Waals surface area contributed by atoms with Crippen molar-refractivity contribution in [2.24, 2.45) is 0 Å². The van der Waals surface area contributed by atoms with Crippen molar-refractivity contribution >= 4 is 0 Å². The quantitative estimate of drug-likeness (QED) is 0.188. The van der Waals surface area contributed by atoms with Crippen molar-refractivity contribution in [3.63, 3.8) is 0 Å². The summed E-state index contributed by atoms with van der Waals surface area (Å²) in [6.07, 6.45) is 1.82. The Morgan fingerprint density at radius 1 is 0.357 bits per heavy atom. The third-order valence-corrected chi connectivity index (χ3v) is 8.56. The smallest absolute Gasteiger partial charge is 0.00227 e. The van der Waals surface area contributed by atoms with Crippen LogP contribution in [0.25, 0.3) is 33.4 Å². The summed E-state index contributed by atoms with van der Waals surface area (Å²) >= 11 is 0. The largest absolute Gasteiger partial charge is 0.0622 e. The van der Waals surface area contributed by atoms with Crippen molar-refractivity contribution in [3.8, 4) is 33.4 Å². The van der Waals surface area contributed by atoms with Crippen molar-refractivity contribution in [2.45, 2.75) is 40.5 Å². The van der Waals surface area contributed by atoms with E-state index in [0.29, 0.717) is 0 Å². The second kappa shape index (κ2) is 12.0. The van der Waals surface area contributed by atoms with E-state index in [1.807, 2.05) is 0 Å². The van der Waals surface area contributed by atoms with E-state index >= 15 is 0 Å². The van der Waals surface area contributed by atoms with Gasteiger partial charge in [0, 0.05) is 0 Å². The molecule has 0 amide bonds. The molecule has 0 bridgehead atoms. The monoisotopic (exact) mass is 542 g/mol. The summed E-state index contributed by atoms with van der Waals surface area (Å²) in [6.45, 7) is 8.87. The summed E-state index contributed by atoms with van der Waals surface area (Å²) in [5.41, 5.74) is 18.4. The maximum Gasteiger partial charge on any atom is -0.00227 e. The van der Waals surface area contributed by atoms with Crippen molar-refractivity contribution in [2.75, 3.05) is 0 Å². The maximum absolute atomic E-state index is 2.43. The highest BCUT2D eigenvalue weighted by Gasteiger charge is 2.15. The molecule has 0 saturated carbocycles. The fourth-order valence-electron chi connectivity index (χ4n) is 5.94. The molecular formula is C42H38. The van der Waals surface area contributed by atoms with Gasteiger partial charge in [-0.3, -0.25) is 0 Å². The van der Waals surface area contributed by atoms with Gasteiger partial charge in [0.1, 0.15) is 0 Å². The highest BCUT2D eigenvalue weighted by Crippen LogP contribution is 2.37. The molecule has 6 aromatic carbocycles. The minimum Gasteiger partial charge on any atom is -0.0622 e. The van der Waals surface area contributed by atoms with Crippen molar-refractivity contribution < 1.29 is 0 Å². The van der Waals surface area contributed by atoms with Gasteiger partial charge in [0.25, 0.3) is 0 Å². The van der Waals surface area contributed by atoms with Gasteiger partial charge in [-0.05, 0) is 119 Å². The minimum absolute atomic E-state index is 0.910. The van der Waals surface area contributed by atoms with Crippen LogP contribution in [0.3, 0.4) is 0 Å². The Morgan fingerprint density at radius 3 is 1.07 bits per heavy atom. The zero-order valence-corrected chi connectivity index (χ0v) is 25.1. The summed E-state index contributed by atoms with van der Waals surface area (Å²) in [6, 6.07) is 49.3. The third kappa shape index (κ3) is 5.99. The normalized spacial score (nSPS) is 11.0. The number of rotatable bonds is 7. The first-order valence-electron chi connectivity index (χ1n) is 14.9. The van der Waals surface area contributed by atoms with Gasteiger partial charge in [0.15, 0.2) is 0 Å². The Morgan fingerprint density at radius 2 is 0.714 bits per heavy atom. The van der Waals surface area contributed by atoms with Crippen LogP contribution in [0.4, 0.5) is 0 Å². The Bertz CT molecular complexity index is 1670. The average Bonchev–Trinajstić information content (AvgIpc) is 3.02. The Hall–Kier alpha value is -4.68. The number of aryl methyl sites for hydroxylation is 2. The Balaban J connectivity index is 1.54. The summed E-state index contributed by atoms with van der Waals surface area (Å²) in [4.78, 5) is 0. The highest BCUT2D eigenvalue weighted by atomic mass is 14.2. The molecule has 6 rings (SSSR count). The molecule has 6 aromatic rings. The van der Waals surface area contributed by atoms with Gasteiger partial charge in [0.2, 0.25) is 0 Å². The van der Waals surface area contributed by atoms with Crippen LogP contribution < -0.4 is 0 Å². The summed E-state index contributed by atoms with van der Waals surface area (Å²) in [5.74, 6) is 0. The van der Waals surface area contributed by atoms with Gasteiger partial charge in [-0.15, -0.1) is 0 Å². The lowest BCUT2D eigenvalue weighted by Crippen LogP contribution is -1.99. The van der Waals surface area contributed by atoms with Gasteiger partial charge in [-0.1, -0.05) is 132 Å². The molecule has 0 fully saturated rings. The topological polar surface area (TPSA) is 0 Å². The van der Waals surface area contributed by atoms with Crippen molar-refractivity contribution in [3.05, 3.63) is 178 Å². The second-order valence-corrected chi connectivity index (χ2v) is 11.7. The molecular weight excluding hydrogens is 504 g/mol. The van der Waals surface area contributed by atoms with Gasteiger partial charge < -0.3 is 0 Å². The van der Waals surface area contributed by atoms with Gasteiger partial charge >= 0.3 is 0 Å². The predicted octanol–water partition coefficient (Wildman–Crippen LogP) is 11.1. The summed E-state index contributed by atoms with van der Waals surface area (Å²) in [5, 5.41) is 0. The van der Waals surface area contributed by atoms with E-state index in [9.17, 15) is 0 Å². The number of hydrogen-bond donors (Lipinski definition) is 0. The molecule has 0 aromatic heterocycles. The highest BCUT2D eigenvalue weighted by molar-refractivity contribution is 5.81. The fourth-order valence-corrected chi connectivity index (χ4v) is 5.94. The molecule has 42 heavy (non-hydrogen) atoms. The molecule has 0 nitrogen and oxygen atoms in total. The standard InChI is InChI=1S/C42H38/c1-29-15-19-33(20-16-29)23-37-25-39(27-41(31(37)3)35-11-7-5-8-12-35)40-26-38(24-34-21-17-30(2)18-22-34)32(4)42(28-40)36-13-9-6-10-14-36/h5-22,25-28H,23-24H2,1-4H3. The number of hydrogen-bond acceptors (Lipinski definition) is 0. The van der Waals surface area contributed by atoms with Crippen LogP contribution in [-0.4, -0.2) is 0 Å². The molecule has 0 radical (unpaired) electrons. The SMILES string of the molecule is Cc1ccc(Cc2cc(-c3cc(Cc4ccc(C)cc4)c(C)c(-c4ccccc4)c3)cc(-c3ccccc3)c2C)cc1. The van der Waals surface area contributed by atoms with Crippen LogP contribution in [-0.2, 0) is 12.8 Å². The zero-order valence-electron chi connectivity index (χ0n) is 25.1. The molecule has 0 aliphatic rings. The lowest BCUT2D eigenvalue weighted by atomic mass is 9.85. The summed E-state index contributed by atoms with van der Waals surface area (Å²) < 4.78 is 0. The van der Waals surface area contributed by atoms with Crippen LogP contribution in [0.1, 0.15) is 44.5 Å². The van der Waals surface area contributed by atoms with E-state index in [0.717, 1.165) is 12.8 Å². The van der Waals surface area contributed by atoms with Crippen LogP contribution in [0.5, 0.6) is 0 Å². The lowest BCUT2D eigenvalue weighted by molar-refractivity contribution is 1.15. The molecule has 0 saturated heterocycles. The van der Waals surface area contributed by atoms with E-state index in [-0.39, 0.29) is 0 Å². The first-order valence-corrected chi connectivity index (χ1v) is 14.9. The molecule has 0 heteroatoms. The van der Waals surface area contributed by atoms with Crippen molar-refractivity contribution in [1.29, 1.82) is 0 Å². The van der Waals surface area contributed by atoms with Crippen LogP contribution in [0, 0.1) is 27.7 Å². The lowest BCUT2D eigenvalue weighted by Gasteiger charge is -2.19. The average molecular weight is 543 g/mol. The van der Waals surface area contributed by atoms with Gasteiger partial charge in [-0.25, -0.2) is 0 Å². The van der Waals surface area contributed by atoms with E-state index in [2.05, 4.69) is 161 Å².